The summed E-state index contributed by atoms with van der Waals surface area (Å²) in [6.45, 7) is 1.27. The fourth-order valence-electron chi connectivity index (χ4n) is 4.40. The van der Waals surface area contributed by atoms with Crippen LogP contribution in [0.2, 0.25) is 0 Å². The molecular weight excluding hydrogens is 483 g/mol. The van der Waals surface area contributed by atoms with Gasteiger partial charge in [0.2, 0.25) is 5.91 Å². The molecule has 0 fully saturated rings. The number of amides is 2. The van der Waals surface area contributed by atoms with Gasteiger partial charge in [-0.2, -0.15) is 0 Å². The van der Waals surface area contributed by atoms with Gasteiger partial charge < -0.3 is 19.7 Å². The van der Waals surface area contributed by atoms with Crippen LogP contribution in [0.15, 0.2) is 103 Å². The van der Waals surface area contributed by atoms with E-state index >= 15 is 0 Å². The highest BCUT2D eigenvalue weighted by Gasteiger charge is 2.33. The maximum absolute atomic E-state index is 14.1. The molecule has 0 bridgehead atoms. The summed E-state index contributed by atoms with van der Waals surface area (Å²) in [4.78, 5) is 29.3. The molecule has 7 heteroatoms. The Balaban J connectivity index is 1.53. The number of hydrogen-bond acceptors (Lipinski definition) is 4. The van der Waals surface area contributed by atoms with Crippen molar-refractivity contribution in [3.8, 4) is 11.5 Å². The summed E-state index contributed by atoms with van der Waals surface area (Å²) in [7, 11) is 0. The smallest absolute Gasteiger partial charge is 0.255 e. The van der Waals surface area contributed by atoms with Crippen molar-refractivity contribution < 1.29 is 23.5 Å². The molecule has 1 unspecified atom stereocenters. The Labute approximate surface area is 220 Å². The summed E-state index contributed by atoms with van der Waals surface area (Å²) in [6.07, 6.45) is 0. The minimum Gasteiger partial charge on any atom is -0.486 e. The molecule has 0 aromatic heterocycles. The van der Waals surface area contributed by atoms with Gasteiger partial charge in [-0.15, -0.1) is 0 Å². The summed E-state index contributed by atoms with van der Waals surface area (Å²) >= 11 is 0. The average molecular weight is 511 g/mol. The molecule has 0 spiro atoms. The fourth-order valence-corrected chi connectivity index (χ4v) is 4.40. The number of benzene rings is 4. The third-order valence-electron chi connectivity index (χ3n) is 6.30. The summed E-state index contributed by atoms with van der Waals surface area (Å²) in [6, 6.07) is 28.6. The Morgan fingerprint density at radius 3 is 2.11 bits per heavy atom. The minimum absolute atomic E-state index is 0.162. The van der Waals surface area contributed by atoms with Gasteiger partial charge in [0.25, 0.3) is 5.91 Å². The van der Waals surface area contributed by atoms with E-state index in [1.807, 2.05) is 60.7 Å². The number of carbonyl (C=O) groups is 2. The minimum atomic E-state index is -1.01. The predicted molar refractivity (Wildman–Crippen MR) is 141 cm³/mol. The van der Waals surface area contributed by atoms with Crippen LogP contribution < -0.4 is 14.8 Å². The Kier molecular flexibility index (Phi) is 7.64. The van der Waals surface area contributed by atoms with Crippen molar-refractivity contribution in [1.29, 1.82) is 0 Å². The largest absolute Gasteiger partial charge is 0.486 e. The molecule has 1 aliphatic heterocycles. The van der Waals surface area contributed by atoms with E-state index in [1.54, 1.807) is 18.2 Å². The van der Waals surface area contributed by atoms with Gasteiger partial charge in [0.15, 0.2) is 11.5 Å². The highest BCUT2D eigenvalue weighted by Crippen LogP contribution is 2.33. The summed E-state index contributed by atoms with van der Waals surface area (Å²) in [5, 5.41) is 2.96. The summed E-state index contributed by atoms with van der Waals surface area (Å²) < 4.78 is 25.1. The molecule has 192 valence electrons. The molecule has 0 saturated heterocycles. The van der Waals surface area contributed by atoms with Crippen molar-refractivity contribution in [3.63, 3.8) is 0 Å². The standard InChI is InChI=1S/C31H27FN2O4/c32-26-14-11-24(12-15-26)29(30(35)33-20-22-7-3-1-4-8-22)34(21-23-9-5-2-6-10-23)31(36)25-13-16-27-28(19-25)38-18-17-37-27/h1-16,19,29H,17-18,20-21H2,(H,33,35). The lowest BCUT2D eigenvalue weighted by molar-refractivity contribution is -0.126. The number of rotatable bonds is 8. The fraction of sp³-hybridized carbons (Fsp3) is 0.161. The number of fused-ring (bicyclic) bond motifs is 1. The van der Waals surface area contributed by atoms with E-state index in [4.69, 9.17) is 9.47 Å². The van der Waals surface area contributed by atoms with Crippen molar-refractivity contribution in [2.45, 2.75) is 19.1 Å². The zero-order valence-electron chi connectivity index (χ0n) is 20.7. The van der Waals surface area contributed by atoms with Crippen LogP contribution in [0.1, 0.15) is 33.1 Å². The van der Waals surface area contributed by atoms with Crippen LogP contribution in [0.5, 0.6) is 11.5 Å². The Hall–Kier alpha value is -4.65. The molecule has 1 N–H and O–H groups in total. The number of nitrogens with one attached hydrogen (secondary N) is 1. The number of ether oxygens (including phenoxy) is 2. The summed E-state index contributed by atoms with van der Waals surface area (Å²) in [5.74, 6) is -0.117. The summed E-state index contributed by atoms with van der Waals surface area (Å²) in [5.41, 5.74) is 2.62. The van der Waals surface area contributed by atoms with Crippen molar-refractivity contribution in [1.82, 2.24) is 10.2 Å². The lowest BCUT2D eigenvalue weighted by atomic mass is 10.0. The molecule has 2 amide bonds. The number of halogens is 1. The monoisotopic (exact) mass is 510 g/mol. The zero-order chi connectivity index (χ0) is 26.3. The quantitative estimate of drug-likeness (QED) is 0.350. The third-order valence-corrected chi connectivity index (χ3v) is 6.30. The Morgan fingerprint density at radius 1 is 0.789 bits per heavy atom. The van der Waals surface area contributed by atoms with E-state index in [1.165, 1.54) is 29.2 Å². The molecule has 1 aliphatic rings. The Bertz CT molecular complexity index is 1390. The average Bonchev–Trinajstić information content (AvgIpc) is 2.97. The van der Waals surface area contributed by atoms with Crippen LogP contribution in [0, 0.1) is 5.82 Å². The van der Waals surface area contributed by atoms with E-state index < -0.39 is 11.9 Å². The van der Waals surface area contributed by atoms with Crippen molar-refractivity contribution in [2.75, 3.05) is 13.2 Å². The second kappa shape index (κ2) is 11.6. The van der Waals surface area contributed by atoms with Gasteiger partial charge in [-0.1, -0.05) is 72.8 Å². The molecule has 4 aromatic carbocycles. The second-order valence-corrected chi connectivity index (χ2v) is 8.93. The molecule has 0 radical (unpaired) electrons. The van der Waals surface area contributed by atoms with Crippen LogP contribution in [0.3, 0.4) is 0 Å². The molecule has 4 aromatic rings. The lowest BCUT2D eigenvalue weighted by Gasteiger charge is -2.32. The normalized spacial score (nSPS) is 12.9. The van der Waals surface area contributed by atoms with Crippen LogP contribution >= 0.6 is 0 Å². The molecule has 1 atom stereocenters. The number of hydrogen-bond donors (Lipinski definition) is 1. The molecule has 6 nitrogen and oxygen atoms in total. The van der Waals surface area contributed by atoms with Gasteiger partial charge in [-0.3, -0.25) is 9.59 Å². The first-order chi connectivity index (χ1) is 18.6. The molecule has 0 aliphatic carbocycles. The van der Waals surface area contributed by atoms with E-state index in [2.05, 4.69) is 5.32 Å². The first-order valence-electron chi connectivity index (χ1n) is 12.4. The number of carbonyl (C=O) groups excluding carboxylic acids is 2. The van der Waals surface area contributed by atoms with Crippen LogP contribution in [0.25, 0.3) is 0 Å². The van der Waals surface area contributed by atoms with Gasteiger partial charge in [0, 0.05) is 18.7 Å². The van der Waals surface area contributed by atoms with Crippen molar-refractivity contribution >= 4 is 11.8 Å². The van der Waals surface area contributed by atoms with Gasteiger partial charge in [-0.25, -0.2) is 4.39 Å². The Morgan fingerprint density at radius 2 is 1.42 bits per heavy atom. The molecular formula is C31H27FN2O4. The molecule has 5 rings (SSSR count). The van der Waals surface area contributed by atoms with Crippen LogP contribution in [-0.4, -0.2) is 29.9 Å². The SMILES string of the molecule is O=C(NCc1ccccc1)C(c1ccc(F)cc1)N(Cc1ccccc1)C(=O)c1ccc2c(c1)OCCO2. The third kappa shape index (κ3) is 5.83. The molecule has 0 saturated carbocycles. The molecule has 1 heterocycles. The van der Waals surface area contributed by atoms with Gasteiger partial charge in [-0.05, 0) is 47.0 Å². The second-order valence-electron chi connectivity index (χ2n) is 8.93. The van der Waals surface area contributed by atoms with Crippen molar-refractivity contribution in [3.05, 3.63) is 131 Å². The van der Waals surface area contributed by atoms with Crippen LogP contribution in [-0.2, 0) is 17.9 Å². The van der Waals surface area contributed by atoms with E-state index in [0.29, 0.717) is 35.8 Å². The zero-order valence-corrected chi connectivity index (χ0v) is 20.7. The number of nitrogens with zero attached hydrogens (tertiary/aromatic N) is 1. The maximum Gasteiger partial charge on any atom is 0.255 e. The van der Waals surface area contributed by atoms with Crippen molar-refractivity contribution in [2.24, 2.45) is 0 Å². The highest BCUT2D eigenvalue weighted by atomic mass is 19.1. The molecule has 38 heavy (non-hydrogen) atoms. The first-order valence-corrected chi connectivity index (χ1v) is 12.4. The highest BCUT2D eigenvalue weighted by molar-refractivity contribution is 5.98. The van der Waals surface area contributed by atoms with E-state index in [9.17, 15) is 14.0 Å². The van der Waals surface area contributed by atoms with Crippen LogP contribution in [0.4, 0.5) is 4.39 Å². The van der Waals surface area contributed by atoms with E-state index in [-0.39, 0.29) is 24.9 Å². The maximum atomic E-state index is 14.1. The topological polar surface area (TPSA) is 67.9 Å². The van der Waals surface area contributed by atoms with Gasteiger partial charge in [0.05, 0.1) is 0 Å². The van der Waals surface area contributed by atoms with Gasteiger partial charge in [0.1, 0.15) is 25.1 Å². The first kappa shape index (κ1) is 25.0. The lowest BCUT2D eigenvalue weighted by Crippen LogP contribution is -2.43. The van der Waals surface area contributed by atoms with E-state index in [0.717, 1.165) is 11.1 Å². The predicted octanol–water partition coefficient (Wildman–Crippen LogP) is 5.30. The van der Waals surface area contributed by atoms with Gasteiger partial charge >= 0.3 is 0 Å².